The number of phenols is 1. The Morgan fingerprint density at radius 2 is 1.68 bits per heavy atom. The second-order valence-corrected chi connectivity index (χ2v) is 4.94. The fraction of sp³-hybridized carbons (Fsp3) is 0.471. The zero-order valence-electron chi connectivity index (χ0n) is 14.4. The molecule has 0 aliphatic heterocycles. The third-order valence-corrected chi connectivity index (χ3v) is 3.12. The number of hydrogen-bond donors (Lipinski definition) is 1. The van der Waals surface area contributed by atoms with E-state index in [2.05, 4.69) is 0 Å². The molecule has 0 aliphatic carbocycles. The van der Waals surface area contributed by atoms with E-state index in [-0.39, 0.29) is 24.7 Å². The van der Waals surface area contributed by atoms with Crippen molar-refractivity contribution in [2.24, 2.45) is 5.92 Å². The molecule has 25 heavy (non-hydrogen) atoms. The number of carbonyl (C=O) groups is 3. The number of Topliss-reactive ketones (excluding diaryl/α,β-unsaturated/α-hetero) is 1. The van der Waals surface area contributed by atoms with Crippen molar-refractivity contribution in [3.05, 3.63) is 18.2 Å². The number of esters is 2. The van der Waals surface area contributed by atoms with E-state index < -0.39 is 36.7 Å². The van der Waals surface area contributed by atoms with Gasteiger partial charge in [0.05, 0.1) is 26.7 Å². The first-order valence-electron chi connectivity index (χ1n) is 7.77. The summed E-state index contributed by atoms with van der Waals surface area (Å²) in [5, 5.41) is 9.56. The van der Waals surface area contributed by atoms with Gasteiger partial charge in [0.15, 0.2) is 5.78 Å². The molecule has 1 unspecified atom stereocenters. The largest absolute Gasteiger partial charge is 0.508 e. The molecule has 0 bridgehead atoms. The maximum Gasteiger partial charge on any atom is 0.317 e. The highest BCUT2D eigenvalue weighted by atomic mass is 16.5. The number of aromatic hydroxyl groups is 1. The van der Waals surface area contributed by atoms with Crippen molar-refractivity contribution in [3.63, 3.8) is 0 Å². The predicted molar refractivity (Wildman–Crippen MR) is 86.5 cm³/mol. The summed E-state index contributed by atoms with van der Waals surface area (Å²) in [4.78, 5) is 35.8. The van der Waals surface area contributed by atoms with Crippen LogP contribution in [0.4, 0.5) is 0 Å². The number of ether oxygens (including phenoxy) is 4. The smallest absolute Gasteiger partial charge is 0.317 e. The van der Waals surface area contributed by atoms with Crippen LogP contribution in [0.5, 0.6) is 17.2 Å². The van der Waals surface area contributed by atoms with E-state index in [0.717, 1.165) is 0 Å². The normalized spacial score (nSPS) is 11.3. The molecule has 0 aliphatic rings. The van der Waals surface area contributed by atoms with E-state index in [1.165, 1.54) is 25.3 Å². The van der Waals surface area contributed by atoms with E-state index in [1.807, 2.05) is 0 Å². The predicted octanol–water partition coefficient (Wildman–Crippen LogP) is 1.48. The molecule has 8 nitrogen and oxygen atoms in total. The number of phenolic OH excluding ortho intramolecular Hbond substituents is 1. The molecule has 0 spiro atoms. The Balaban J connectivity index is 2.78. The SMILES string of the molecule is CCOC(=O)CC(C(=O)COc1cc(O)cc(OC)c1)C(=O)OCC. The first-order chi connectivity index (χ1) is 11.9. The number of benzene rings is 1. The summed E-state index contributed by atoms with van der Waals surface area (Å²) in [6.45, 7) is 2.96. The zero-order chi connectivity index (χ0) is 18.8. The van der Waals surface area contributed by atoms with Crippen LogP contribution in [-0.4, -0.2) is 49.8 Å². The Hall–Kier alpha value is -2.77. The minimum absolute atomic E-state index is 0.0794. The van der Waals surface area contributed by atoms with Gasteiger partial charge in [-0.05, 0) is 13.8 Å². The number of hydrogen-bond acceptors (Lipinski definition) is 8. The minimum atomic E-state index is -1.31. The van der Waals surface area contributed by atoms with Crippen LogP contribution in [0.3, 0.4) is 0 Å². The van der Waals surface area contributed by atoms with Crippen LogP contribution in [0.2, 0.25) is 0 Å². The van der Waals surface area contributed by atoms with Crippen LogP contribution in [0.25, 0.3) is 0 Å². The van der Waals surface area contributed by atoms with Crippen LogP contribution < -0.4 is 9.47 Å². The van der Waals surface area contributed by atoms with Gasteiger partial charge in [0.2, 0.25) is 0 Å². The van der Waals surface area contributed by atoms with Crippen LogP contribution in [-0.2, 0) is 23.9 Å². The van der Waals surface area contributed by atoms with Gasteiger partial charge in [-0.1, -0.05) is 0 Å². The maximum absolute atomic E-state index is 12.3. The van der Waals surface area contributed by atoms with Crippen molar-refractivity contribution in [2.45, 2.75) is 20.3 Å². The lowest BCUT2D eigenvalue weighted by molar-refractivity contribution is -0.158. The Morgan fingerprint density at radius 3 is 2.28 bits per heavy atom. The molecule has 1 rings (SSSR count). The van der Waals surface area contributed by atoms with Crippen molar-refractivity contribution in [2.75, 3.05) is 26.9 Å². The molecule has 1 aromatic rings. The number of carbonyl (C=O) groups excluding carboxylic acids is 3. The summed E-state index contributed by atoms with van der Waals surface area (Å²) in [7, 11) is 1.42. The Morgan fingerprint density at radius 1 is 1.04 bits per heavy atom. The van der Waals surface area contributed by atoms with Gasteiger partial charge in [0.25, 0.3) is 0 Å². The molecule has 1 aromatic carbocycles. The number of ketones is 1. The zero-order valence-corrected chi connectivity index (χ0v) is 14.4. The summed E-state index contributed by atoms with van der Waals surface area (Å²) >= 11 is 0. The fourth-order valence-electron chi connectivity index (χ4n) is 1.97. The van der Waals surface area contributed by atoms with Gasteiger partial charge in [-0.25, -0.2) is 0 Å². The standard InChI is InChI=1S/C17H22O8/c1-4-23-16(20)9-14(17(21)24-5-2)15(19)10-25-13-7-11(18)6-12(8-13)22-3/h6-8,14,18H,4-5,9-10H2,1-3H3. The van der Waals surface area contributed by atoms with Crippen molar-refractivity contribution in [1.82, 2.24) is 0 Å². The molecule has 0 radical (unpaired) electrons. The average Bonchev–Trinajstić information content (AvgIpc) is 2.57. The van der Waals surface area contributed by atoms with Gasteiger partial charge in [0.1, 0.15) is 29.8 Å². The second kappa shape index (κ2) is 10.2. The maximum atomic E-state index is 12.3. The van der Waals surface area contributed by atoms with Crippen molar-refractivity contribution < 1.29 is 38.4 Å². The van der Waals surface area contributed by atoms with Gasteiger partial charge in [-0.2, -0.15) is 0 Å². The number of methoxy groups -OCH3 is 1. The molecule has 0 aromatic heterocycles. The summed E-state index contributed by atoms with van der Waals surface area (Å²) in [5.41, 5.74) is 0. The summed E-state index contributed by atoms with van der Waals surface area (Å²) in [6, 6.07) is 4.13. The first kappa shape index (κ1) is 20.3. The van der Waals surface area contributed by atoms with Gasteiger partial charge in [-0.3, -0.25) is 14.4 Å². The van der Waals surface area contributed by atoms with E-state index in [4.69, 9.17) is 18.9 Å². The van der Waals surface area contributed by atoms with Crippen molar-refractivity contribution in [3.8, 4) is 17.2 Å². The van der Waals surface area contributed by atoms with E-state index in [0.29, 0.717) is 5.75 Å². The molecular formula is C17H22O8. The lowest BCUT2D eigenvalue weighted by Gasteiger charge is -2.15. The van der Waals surface area contributed by atoms with E-state index >= 15 is 0 Å². The quantitative estimate of drug-likeness (QED) is 0.497. The third kappa shape index (κ3) is 6.70. The molecule has 1 N–H and O–H groups in total. The molecule has 0 fully saturated rings. The van der Waals surface area contributed by atoms with Gasteiger partial charge >= 0.3 is 11.9 Å². The van der Waals surface area contributed by atoms with Gasteiger partial charge < -0.3 is 24.1 Å². The van der Waals surface area contributed by atoms with Gasteiger partial charge in [0, 0.05) is 18.2 Å². The molecule has 8 heteroatoms. The van der Waals surface area contributed by atoms with Crippen LogP contribution in [0, 0.1) is 5.92 Å². The van der Waals surface area contributed by atoms with Crippen molar-refractivity contribution >= 4 is 17.7 Å². The highest BCUT2D eigenvalue weighted by Crippen LogP contribution is 2.26. The molecule has 0 saturated carbocycles. The van der Waals surface area contributed by atoms with Crippen LogP contribution in [0.15, 0.2) is 18.2 Å². The van der Waals surface area contributed by atoms with E-state index in [1.54, 1.807) is 13.8 Å². The first-order valence-corrected chi connectivity index (χ1v) is 7.77. The molecular weight excluding hydrogens is 332 g/mol. The Kier molecular flexibility index (Phi) is 8.25. The average molecular weight is 354 g/mol. The van der Waals surface area contributed by atoms with E-state index in [9.17, 15) is 19.5 Å². The lowest BCUT2D eigenvalue weighted by Crippen LogP contribution is -2.32. The molecule has 1 atom stereocenters. The number of rotatable bonds is 10. The molecule has 138 valence electrons. The Labute approximate surface area is 145 Å². The van der Waals surface area contributed by atoms with Gasteiger partial charge in [-0.15, -0.1) is 0 Å². The molecule has 0 heterocycles. The topological polar surface area (TPSA) is 108 Å². The monoisotopic (exact) mass is 354 g/mol. The second-order valence-electron chi connectivity index (χ2n) is 4.94. The van der Waals surface area contributed by atoms with Crippen LogP contribution >= 0.6 is 0 Å². The fourth-order valence-corrected chi connectivity index (χ4v) is 1.97. The highest BCUT2D eigenvalue weighted by Gasteiger charge is 2.31. The third-order valence-electron chi connectivity index (χ3n) is 3.12. The van der Waals surface area contributed by atoms with Crippen LogP contribution in [0.1, 0.15) is 20.3 Å². The summed E-state index contributed by atoms with van der Waals surface area (Å²) in [5.74, 6) is -2.99. The summed E-state index contributed by atoms with van der Waals surface area (Å²) in [6.07, 6.45) is -0.418. The summed E-state index contributed by atoms with van der Waals surface area (Å²) < 4.78 is 19.9. The molecule has 0 saturated heterocycles. The minimum Gasteiger partial charge on any atom is -0.508 e. The molecule has 0 amide bonds. The highest BCUT2D eigenvalue weighted by molar-refractivity contribution is 6.02. The van der Waals surface area contributed by atoms with Crippen molar-refractivity contribution in [1.29, 1.82) is 0 Å². The lowest BCUT2D eigenvalue weighted by atomic mass is 10.0. The Bertz CT molecular complexity index is 611.